The number of amides is 1. The molecule has 6 nitrogen and oxygen atoms in total. The predicted octanol–water partition coefficient (Wildman–Crippen LogP) is 5.38. The molecule has 158 valence electrons. The summed E-state index contributed by atoms with van der Waals surface area (Å²) in [5.41, 5.74) is 4.28. The molecule has 4 rings (SSSR count). The largest absolute Gasteiger partial charge is 0.324 e. The third-order valence-electron chi connectivity index (χ3n) is 4.68. The zero-order valence-corrected chi connectivity index (χ0v) is 17.3. The van der Waals surface area contributed by atoms with Gasteiger partial charge in [0.2, 0.25) is 11.9 Å². The van der Waals surface area contributed by atoms with Gasteiger partial charge in [0.25, 0.3) is 0 Å². The van der Waals surface area contributed by atoms with Crippen LogP contribution in [-0.4, -0.2) is 20.9 Å². The van der Waals surface area contributed by atoms with Crippen molar-refractivity contribution in [1.29, 1.82) is 0 Å². The van der Waals surface area contributed by atoms with Crippen LogP contribution in [0.15, 0.2) is 85.3 Å². The van der Waals surface area contributed by atoms with Gasteiger partial charge in [-0.1, -0.05) is 24.3 Å². The normalized spacial score (nSPS) is 10.8. The number of carbonyl (C=O) groups excluding carboxylic acids is 1. The fourth-order valence-corrected chi connectivity index (χ4v) is 3.01. The topological polar surface area (TPSA) is 79.8 Å². The Morgan fingerprint density at radius 1 is 1.03 bits per heavy atom. The minimum absolute atomic E-state index is 0.347. The first-order valence-electron chi connectivity index (χ1n) is 9.93. The van der Waals surface area contributed by atoms with Crippen LogP contribution in [0.1, 0.15) is 11.1 Å². The lowest BCUT2D eigenvalue weighted by Gasteiger charge is -2.11. The Labute approximate surface area is 184 Å². The lowest BCUT2D eigenvalue weighted by Crippen LogP contribution is -2.08. The van der Waals surface area contributed by atoms with E-state index in [0.717, 1.165) is 22.5 Å². The molecule has 0 aliphatic heterocycles. The first-order chi connectivity index (χ1) is 15.6. The summed E-state index contributed by atoms with van der Waals surface area (Å²) in [4.78, 5) is 25.2. The molecule has 32 heavy (non-hydrogen) atoms. The molecule has 0 radical (unpaired) electrons. The second-order valence-corrected chi connectivity index (χ2v) is 7.01. The van der Waals surface area contributed by atoms with E-state index >= 15 is 0 Å². The number of pyridine rings is 1. The van der Waals surface area contributed by atoms with Crippen LogP contribution in [0.2, 0.25) is 0 Å². The maximum absolute atomic E-state index is 13.7. The van der Waals surface area contributed by atoms with Gasteiger partial charge >= 0.3 is 0 Å². The lowest BCUT2D eigenvalue weighted by atomic mass is 10.1. The maximum atomic E-state index is 13.7. The summed E-state index contributed by atoms with van der Waals surface area (Å²) in [7, 11) is 0. The number of hydrogen-bond acceptors (Lipinski definition) is 5. The summed E-state index contributed by atoms with van der Waals surface area (Å²) < 4.78 is 13.7. The summed E-state index contributed by atoms with van der Waals surface area (Å²) in [6.45, 7) is 1.94. The highest BCUT2D eigenvalue weighted by atomic mass is 19.1. The second-order valence-electron chi connectivity index (χ2n) is 7.01. The van der Waals surface area contributed by atoms with Crippen molar-refractivity contribution in [3.8, 4) is 11.3 Å². The number of hydrogen-bond donors (Lipinski definition) is 2. The molecule has 2 heterocycles. The SMILES string of the molecule is Cc1ccc(NC(=O)/C=C/c2ccccc2F)cc1Nc1nccc(-c2cccnc2)n1. The van der Waals surface area contributed by atoms with Crippen LogP contribution in [0.5, 0.6) is 0 Å². The second kappa shape index (κ2) is 9.61. The van der Waals surface area contributed by atoms with E-state index in [-0.39, 0.29) is 11.7 Å². The molecule has 7 heteroatoms. The molecule has 0 unspecified atom stereocenters. The van der Waals surface area contributed by atoms with Crippen molar-refractivity contribution in [3.05, 3.63) is 102 Å². The molecule has 0 bridgehead atoms. The number of benzene rings is 2. The van der Waals surface area contributed by atoms with E-state index < -0.39 is 0 Å². The number of aryl methyl sites for hydroxylation is 1. The smallest absolute Gasteiger partial charge is 0.248 e. The van der Waals surface area contributed by atoms with Crippen LogP contribution in [0.3, 0.4) is 0 Å². The van der Waals surface area contributed by atoms with Crippen molar-refractivity contribution in [2.24, 2.45) is 0 Å². The van der Waals surface area contributed by atoms with Crippen molar-refractivity contribution in [3.63, 3.8) is 0 Å². The third-order valence-corrected chi connectivity index (χ3v) is 4.68. The molecule has 0 fully saturated rings. The first kappa shape index (κ1) is 20.9. The molecule has 0 aliphatic rings. The van der Waals surface area contributed by atoms with E-state index in [1.807, 2.05) is 31.2 Å². The monoisotopic (exact) mass is 425 g/mol. The Kier molecular flexibility index (Phi) is 6.27. The van der Waals surface area contributed by atoms with Gasteiger partial charge in [-0.15, -0.1) is 0 Å². The van der Waals surface area contributed by atoms with Crippen LogP contribution in [0.4, 0.5) is 21.7 Å². The van der Waals surface area contributed by atoms with Crippen LogP contribution in [0.25, 0.3) is 17.3 Å². The highest BCUT2D eigenvalue weighted by Gasteiger charge is 2.07. The fraction of sp³-hybridized carbons (Fsp3) is 0.0400. The molecule has 0 saturated carbocycles. The average molecular weight is 425 g/mol. The number of halogens is 1. The van der Waals surface area contributed by atoms with E-state index in [9.17, 15) is 9.18 Å². The van der Waals surface area contributed by atoms with E-state index in [0.29, 0.717) is 17.2 Å². The molecular formula is C25H20FN5O. The van der Waals surface area contributed by atoms with Gasteiger partial charge in [0.1, 0.15) is 5.82 Å². The van der Waals surface area contributed by atoms with Gasteiger partial charge in [0.05, 0.1) is 5.69 Å². The Morgan fingerprint density at radius 3 is 2.72 bits per heavy atom. The molecule has 0 spiro atoms. The average Bonchev–Trinajstić information content (AvgIpc) is 2.81. The molecule has 2 aromatic heterocycles. The Balaban J connectivity index is 1.49. The molecule has 0 atom stereocenters. The summed E-state index contributed by atoms with van der Waals surface area (Å²) in [5, 5.41) is 5.98. The van der Waals surface area contributed by atoms with Gasteiger partial charge in [-0.05, 0) is 55.0 Å². The summed E-state index contributed by atoms with van der Waals surface area (Å²) >= 11 is 0. The number of nitrogens with zero attached hydrogens (tertiary/aromatic N) is 3. The lowest BCUT2D eigenvalue weighted by molar-refractivity contribution is -0.111. The van der Waals surface area contributed by atoms with Crippen LogP contribution in [-0.2, 0) is 4.79 Å². The molecule has 4 aromatic rings. The van der Waals surface area contributed by atoms with Crippen molar-refractivity contribution in [1.82, 2.24) is 15.0 Å². The Hall–Kier alpha value is -4.39. The van der Waals surface area contributed by atoms with Crippen molar-refractivity contribution < 1.29 is 9.18 Å². The predicted molar refractivity (Wildman–Crippen MR) is 124 cm³/mol. The van der Waals surface area contributed by atoms with Crippen molar-refractivity contribution >= 4 is 29.3 Å². The molecule has 2 N–H and O–H groups in total. The van der Waals surface area contributed by atoms with Gasteiger partial charge < -0.3 is 10.6 Å². The van der Waals surface area contributed by atoms with Gasteiger partial charge in [-0.25, -0.2) is 14.4 Å². The van der Waals surface area contributed by atoms with E-state index in [1.165, 1.54) is 18.2 Å². The minimum atomic E-state index is -0.383. The summed E-state index contributed by atoms with van der Waals surface area (Å²) in [6, 6.07) is 17.3. The number of rotatable bonds is 6. The van der Waals surface area contributed by atoms with Crippen LogP contribution in [0, 0.1) is 12.7 Å². The van der Waals surface area contributed by atoms with E-state index in [2.05, 4.69) is 25.6 Å². The molecule has 0 saturated heterocycles. The van der Waals surface area contributed by atoms with Gasteiger partial charge in [-0.3, -0.25) is 9.78 Å². The molecule has 0 aliphatic carbocycles. The van der Waals surface area contributed by atoms with Crippen LogP contribution < -0.4 is 10.6 Å². The van der Waals surface area contributed by atoms with Gasteiger partial charge in [0, 0.05) is 47.2 Å². The quantitative estimate of drug-likeness (QED) is 0.405. The van der Waals surface area contributed by atoms with Crippen molar-refractivity contribution in [2.45, 2.75) is 6.92 Å². The van der Waals surface area contributed by atoms with Crippen LogP contribution >= 0.6 is 0 Å². The number of aromatic nitrogens is 3. The summed E-state index contributed by atoms with van der Waals surface area (Å²) in [6.07, 6.45) is 7.86. The van der Waals surface area contributed by atoms with E-state index in [4.69, 9.17) is 0 Å². The third kappa shape index (κ3) is 5.20. The highest BCUT2D eigenvalue weighted by molar-refractivity contribution is 6.02. The van der Waals surface area contributed by atoms with E-state index in [1.54, 1.807) is 48.9 Å². The first-order valence-corrected chi connectivity index (χ1v) is 9.93. The van der Waals surface area contributed by atoms with Crippen molar-refractivity contribution in [2.75, 3.05) is 10.6 Å². The number of carbonyl (C=O) groups is 1. The maximum Gasteiger partial charge on any atom is 0.248 e. The highest BCUT2D eigenvalue weighted by Crippen LogP contribution is 2.24. The zero-order valence-electron chi connectivity index (χ0n) is 17.3. The number of anilines is 3. The van der Waals surface area contributed by atoms with Gasteiger partial charge in [0.15, 0.2) is 0 Å². The minimum Gasteiger partial charge on any atom is -0.324 e. The summed E-state index contributed by atoms with van der Waals surface area (Å²) in [5.74, 6) is -0.317. The molecule has 1 amide bonds. The fourth-order valence-electron chi connectivity index (χ4n) is 3.01. The molecule has 2 aromatic carbocycles. The zero-order chi connectivity index (χ0) is 22.3. The van der Waals surface area contributed by atoms with Gasteiger partial charge in [-0.2, -0.15) is 0 Å². The standard InChI is InChI=1S/C25H20FN5O/c1-17-8-10-20(29-24(32)11-9-18-5-2-3-7-21(18)26)15-23(17)31-25-28-14-12-22(30-25)19-6-4-13-27-16-19/h2-16H,1H3,(H,29,32)(H,28,30,31)/b11-9+. The Morgan fingerprint density at radius 2 is 1.91 bits per heavy atom. The molecular weight excluding hydrogens is 405 g/mol. The Bertz CT molecular complexity index is 1270. The number of nitrogens with one attached hydrogen (secondary N) is 2.